The molecule has 0 fully saturated rings. The molecule has 0 unspecified atom stereocenters. The summed E-state index contributed by atoms with van der Waals surface area (Å²) in [6, 6.07) is 7.31. The van der Waals surface area contributed by atoms with Gasteiger partial charge in [-0.25, -0.2) is 4.79 Å². The summed E-state index contributed by atoms with van der Waals surface area (Å²) in [5, 5.41) is 1.15. The van der Waals surface area contributed by atoms with Gasteiger partial charge < -0.3 is 0 Å². The number of benzene rings is 1. The molecule has 0 aromatic heterocycles. The fourth-order valence-electron chi connectivity index (χ4n) is 1.50. The first-order valence-electron chi connectivity index (χ1n) is 6.55. The van der Waals surface area contributed by atoms with Crippen LogP contribution in [0.3, 0.4) is 0 Å². The van der Waals surface area contributed by atoms with Crippen LogP contribution in [-0.4, -0.2) is 14.0 Å². The molecule has 0 heterocycles. The van der Waals surface area contributed by atoms with Gasteiger partial charge in [0.05, 0.1) is 5.56 Å². The lowest BCUT2D eigenvalue weighted by atomic mass is 10.2. The Balaban J connectivity index is 2.78. The predicted octanol–water partition coefficient (Wildman–Crippen LogP) is 3.47. The smallest absolute Gasteiger partial charge is 0.292 e. The zero-order valence-corrected chi connectivity index (χ0v) is 13.3. The van der Waals surface area contributed by atoms with Gasteiger partial charge in [0.1, 0.15) is 14.2 Å². The van der Waals surface area contributed by atoms with Crippen molar-refractivity contribution in [3.05, 3.63) is 60.5 Å². The lowest BCUT2D eigenvalue weighted by molar-refractivity contribution is -0.232. The van der Waals surface area contributed by atoms with E-state index < -0.39 is 14.0 Å². The zero-order valence-electron chi connectivity index (χ0n) is 12.3. The molecule has 0 spiro atoms. The van der Waals surface area contributed by atoms with E-state index in [4.69, 9.17) is 9.78 Å². The molecule has 3 nitrogen and oxygen atoms in total. The lowest BCUT2D eigenvalue weighted by Gasteiger charge is -2.19. The van der Waals surface area contributed by atoms with Crippen LogP contribution in [0.15, 0.2) is 48.8 Å². The van der Waals surface area contributed by atoms with E-state index in [1.807, 2.05) is 30.5 Å². The van der Waals surface area contributed by atoms with Gasteiger partial charge in [-0.1, -0.05) is 42.2 Å². The molecule has 0 aliphatic heterocycles. The monoisotopic (exact) mass is 289 g/mol. The molecule has 0 aliphatic rings. The van der Waals surface area contributed by atoms with E-state index >= 15 is 0 Å². The third-order valence-corrected chi connectivity index (χ3v) is 6.62. The number of hydrogen-bond donors (Lipinski definition) is 0. The Morgan fingerprint density at radius 2 is 1.75 bits per heavy atom. The van der Waals surface area contributed by atoms with Crippen molar-refractivity contribution in [2.45, 2.75) is 26.8 Å². The van der Waals surface area contributed by atoms with Crippen LogP contribution in [-0.2, 0) is 9.78 Å². The molecule has 4 heteroatoms. The third-order valence-electron chi connectivity index (χ3n) is 3.35. The Morgan fingerprint density at radius 3 is 2.20 bits per heavy atom. The highest BCUT2D eigenvalue weighted by molar-refractivity contribution is 6.98. The summed E-state index contributed by atoms with van der Waals surface area (Å²) in [6.07, 6.45) is 1.36. The highest BCUT2D eigenvalue weighted by atomic mass is 28.3. The summed E-state index contributed by atoms with van der Waals surface area (Å²) in [5.41, 5.74) is 4.37. The number of carbonyl (C=O) groups excluding carboxylic acids is 1. The molecular weight excluding hydrogens is 268 g/mol. The van der Waals surface area contributed by atoms with E-state index in [2.05, 4.69) is 19.7 Å². The molecule has 0 amide bonds. The quantitative estimate of drug-likeness (QED) is 0.438. The van der Waals surface area contributed by atoms with Crippen molar-refractivity contribution in [1.82, 2.24) is 0 Å². The van der Waals surface area contributed by atoms with Gasteiger partial charge in [-0.2, -0.15) is 4.89 Å². The predicted molar refractivity (Wildman–Crippen MR) is 83.8 cm³/mol. The Labute approximate surface area is 121 Å². The molecule has 0 saturated carbocycles. The van der Waals surface area contributed by atoms with E-state index in [-0.39, 0.29) is 0 Å². The molecule has 1 radical (unpaired) electrons. The van der Waals surface area contributed by atoms with Gasteiger partial charge in [0.15, 0.2) is 0 Å². The first kappa shape index (κ1) is 16.4. The topological polar surface area (TPSA) is 35.5 Å². The second-order valence-corrected chi connectivity index (χ2v) is 8.74. The highest BCUT2D eigenvalue weighted by Crippen LogP contribution is 2.11. The number of rotatable bonds is 7. The Morgan fingerprint density at radius 1 is 1.20 bits per heavy atom. The normalized spacial score (nSPS) is 11.2. The lowest BCUT2D eigenvalue weighted by Crippen LogP contribution is -2.40. The first-order valence-corrected chi connectivity index (χ1v) is 9.21. The molecule has 0 saturated heterocycles. The summed E-state index contributed by atoms with van der Waals surface area (Å²) in [5.74, 6) is -0.495. The summed E-state index contributed by atoms with van der Waals surface area (Å²) < 4.78 is 0. The maximum atomic E-state index is 11.8. The molecule has 107 valence electrons. The van der Waals surface area contributed by atoms with E-state index in [9.17, 15) is 4.79 Å². The Kier molecular flexibility index (Phi) is 5.92. The van der Waals surface area contributed by atoms with Gasteiger partial charge in [0.2, 0.25) is 0 Å². The van der Waals surface area contributed by atoms with Crippen molar-refractivity contribution < 1.29 is 14.6 Å². The summed E-state index contributed by atoms with van der Waals surface area (Å²) in [6.45, 7) is 13.6. The summed E-state index contributed by atoms with van der Waals surface area (Å²) in [4.78, 5) is 21.4. The van der Waals surface area contributed by atoms with Gasteiger partial charge in [-0.15, -0.1) is 13.2 Å². The minimum Gasteiger partial charge on any atom is -0.292 e. The second kappa shape index (κ2) is 7.22. The molecule has 0 aliphatic carbocycles. The average molecular weight is 289 g/mol. The molecule has 0 bridgehead atoms. The van der Waals surface area contributed by atoms with Crippen LogP contribution in [0.5, 0.6) is 0 Å². The van der Waals surface area contributed by atoms with Crippen molar-refractivity contribution in [2.24, 2.45) is 0 Å². The molecule has 1 aromatic rings. The minimum absolute atomic E-state index is 0.460. The van der Waals surface area contributed by atoms with Crippen LogP contribution in [0.4, 0.5) is 0 Å². The van der Waals surface area contributed by atoms with Crippen LogP contribution in [0, 0.1) is 6.10 Å². The first-order chi connectivity index (χ1) is 9.46. The molecule has 0 atom stereocenters. The highest BCUT2D eigenvalue weighted by Gasteiger charge is 2.22. The summed E-state index contributed by atoms with van der Waals surface area (Å²) >= 11 is 0. The third kappa shape index (κ3) is 3.92. The van der Waals surface area contributed by atoms with Gasteiger partial charge >= 0.3 is 5.97 Å². The summed E-state index contributed by atoms with van der Waals surface area (Å²) in [7, 11) is -1.83. The average Bonchev–Trinajstić information content (AvgIpc) is 2.51. The van der Waals surface area contributed by atoms with Crippen molar-refractivity contribution in [2.75, 3.05) is 0 Å². The Bertz CT molecular complexity index is 471. The van der Waals surface area contributed by atoms with Crippen LogP contribution in [0.2, 0.25) is 6.55 Å². The maximum absolute atomic E-state index is 11.8. The van der Waals surface area contributed by atoms with Crippen LogP contribution in [0.25, 0.3) is 0 Å². The standard InChI is InChI=1S/C16H21O3Si/c1-6-13(4)18-19-16(17)14-9-11-15(12-10-14)20(5,7-2)8-3/h7-12H,2-3,6H2,1,4-5H3. The molecule has 20 heavy (non-hydrogen) atoms. The molecule has 0 N–H and O–H groups in total. The van der Waals surface area contributed by atoms with Crippen LogP contribution >= 0.6 is 0 Å². The van der Waals surface area contributed by atoms with E-state index in [1.54, 1.807) is 19.1 Å². The Hall–Kier alpha value is -1.65. The van der Waals surface area contributed by atoms with Gasteiger partial charge in [0.25, 0.3) is 0 Å². The zero-order chi connectivity index (χ0) is 15.2. The second-order valence-electron chi connectivity index (χ2n) is 4.78. The van der Waals surface area contributed by atoms with Crippen molar-refractivity contribution in [1.29, 1.82) is 0 Å². The van der Waals surface area contributed by atoms with Crippen LogP contribution in [0.1, 0.15) is 30.6 Å². The largest absolute Gasteiger partial charge is 0.373 e. The van der Waals surface area contributed by atoms with Gasteiger partial charge in [-0.3, -0.25) is 4.89 Å². The van der Waals surface area contributed by atoms with Crippen molar-refractivity contribution in [3.8, 4) is 0 Å². The van der Waals surface area contributed by atoms with Gasteiger partial charge in [0, 0.05) is 0 Å². The van der Waals surface area contributed by atoms with Crippen LogP contribution < -0.4 is 5.19 Å². The van der Waals surface area contributed by atoms with Gasteiger partial charge in [-0.05, 0) is 25.5 Å². The molecule has 1 aromatic carbocycles. The molecule has 1 rings (SSSR count). The fraction of sp³-hybridized carbons (Fsp3) is 0.250. The van der Waals surface area contributed by atoms with Crippen molar-refractivity contribution >= 4 is 19.2 Å². The van der Waals surface area contributed by atoms with Crippen molar-refractivity contribution in [3.63, 3.8) is 0 Å². The fourth-order valence-corrected chi connectivity index (χ4v) is 3.02. The minimum atomic E-state index is -1.83. The SMILES string of the molecule is C=C[Si](C)(C=C)c1ccc(C(=O)OO[C](C)CC)cc1. The van der Waals surface area contributed by atoms with E-state index in [0.29, 0.717) is 18.1 Å². The number of hydrogen-bond acceptors (Lipinski definition) is 3. The van der Waals surface area contributed by atoms with E-state index in [0.717, 1.165) is 5.19 Å². The number of carbonyl (C=O) groups is 1. The van der Waals surface area contributed by atoms with E-state index in [1.165, 1.54) is 0 Å². The maximum Gasteiger partial charge on any atom is 0.373 e. The molecular formula is C16H21O3Si.